The Bertz CT molecular complexity index is 178. The van der Waals surface area contributed by atoms with Crippen LogP contribution >= 0.6 is 0 Å². The van der Waals surface area contributed by atoms with Crippen molar-refractivity contribution in [3.63, 3.8) is 0 Å². The second kappa shape index (κ2) is 5.01. The van der Waals surface area contributed by atoms with E-state index in [4.69, 9.17) is 5.11 Å². The van der Waals surface area contributed by atoms with Gasteiger partial charge in [-0.05, 0) is 12.8 Å². The van der Waals surface area contributed by atoms with E-state index in [2.05, 4.69) is 10.2 Å². The maximum absolute atomic E-state index is 11.8. The standard InChI is InChI=1S/C8H15FN2O2/c9-3-1-4-11-5-2-7(6-11)10-8(12)13/h7,10H,1-6H2,(H,12,13). The van der Waals surface area contributed by atoms with E-state index in [1.165, 1.54) is 0 Å². The molecule has 76 valence electrons. The number of rotatable bonds is 4. The predicted octanol–water partition coefficient (Wildman–Crippen LogP) is 0.688. The minimum Gasteiger partial charge on any atom is -0.465 e. The summed E-state index contributed by atoms with van der Waals surface area (Å²) in [6.07, 6.45) is 0.399. The molecule has 1 saturated heterocycles. The van der Waals surface area contributed by atoms with Crippen LogP contribution in [-0.2, 0) is 0 Å². The van der Waals surface area contributed by atoms with Crippen molar-refractivity contribution in [2.45, 2.75) is 18.9 Å². The molecule has 4 nitrogen and oxygen atoms in total. The van der Waals surface area contributed by atoms with E-state index in [0.717, 1.165) is 19.5 Å². The average Bonchev–Trinajstić information content (AvgIpc) is 2.48. The van der Waals surface area contributed by atoms with Gasteiger partial charge >= 0.3 is 6.09 Å². The van der Waals surface area contributed by atoms with Gasteiger partial charge in [0.2, 0.25) is 0 Å². The van der Waals surface area contributed by atoms with Crippen LogP contribution in [0.3, 0.4) is 0 Å². The predicted molar refractivity (Wildman–Crippen MR) is 46.6 cm³/mol. The fourth-order valence-electron chi connectivity index (χ4n) is 1.61. The Kier molecular flexibility index (Phi) is 3.95. The molecule has 1 rings (SSSR count). The second-order valence-electron chi connectivity index (χ2n) is 3.28. The van der Waals surface area contributed by atoms with Gasteiger partial charge in [0.25, 0.3) is 0 Å². The zero-order valence-electron chi connectivity index (χ0n) is 7.50. The summed E-state index contributed by atoms with van der Waals surface area (Å²) in [5.74, 6) is 0. The number of hydrogen-bond acceptors (Lipinski definition) is 2. The molecule has 0 bridgehead atoms. The Morgan fingerprint density at radius 2 is 2.46 bits per heavy atom. The van der Waals surface area contributed by atoms with Crippen LogP contribution in [0.15, 0.2) is 0 Å². The van der Waals surface area contributed by atoms with Crippen LogP contribution < -0.4 is 5.32 Å². The lowest BCUT2D eigenvalue weighted by molar-refractivity contribution is 0.189. The summed E-state index contributed by atoms with van der Waals surface area (Å²) in [6.45, 7) is 2.01. The van der Waals surface area contributed by atoms with Crippen LogP contribution in [0.25, 0.3) is 0 Å². The van der Waals surface area contributed by atoms with Crippen molar-refractivity contribution in [1.82, 2.24) is 10.2 Å². The van der Waals surface area contributed by atoms with E-state index in [0.29, 0.717) is 13.0 Å². The minimum absolute atomic E-state index is 0.0251. The molecule has 5 heteroatoms. The van der Waals surface area contributed by atoms with Gasteiger partial charge in [0.05, 0.1) is 6.67 Å². The van der Waals surface area contributed by atoms with Crippen molar-refractivity contribution in [2.75, 3.05) is 26.3 Å². The number of carbonyl (C=O) groups is 1. The van der Waals surface area contributed by atoms with Gasteiger partial charge in [-0.2, -0.15) is 0 Å². The van der Waals surface area contributed by atoms with Crippen LogP contribution in [0.2, 0.25) is 0 Å². The zero-order chi connectivity index (χ0) is 9.68. The highest BCUT2D eigenvalue weighted by Gasteiger charge is 2.22. The van der Waals surface area contributed by atoms with E-state index in [-0.39, 0.29) is 12.7 Å². The molecule has 0 aliphatic carbocycles. The Hall–Kier alpha value is -0.840. The van der Waals surface area contributed by atoms with Gasteiger partial charge < -0.3 is 15.3 Å². The van der Waals surface area contributed by atoms with E-state index in [1.54, 1.807) is 0 Å². The summed E-state index contributed by atoms with van der Waals surface area (Å²) >= 11 is 0. The van der Waals surface area contributed by atoms with Crippen molar-refractivity contribution < 1.29 is 14.3 Å². The number of likely N-dealkylation sites (tertiary alicyclic amines) is 1. The van der Waals surface area contributed by atoms with Gasteiger partial charge in [0.1, 0.15) is 0 Å². The first-order chi connectivity index (χ1) is 6.22. The quantitative estimate of drug-likeness (QED) is 0.685. The third-order valence-electron chi connectivity index (χ3n) is 2.21. The van der Waals surface area contributed by atoms with Gasteiger partial charge in [-0.25, -0.2) is 4.79 Å². The SMILES string of the molecule is O=C(O)NC1CCN(CCCF)C1. The highest BCUT2D eigenvalue weighted by molar-refractivity contribution is 5.64. The molecule has 1 unspecified atom stereocenters. The zero-order valence-corrected chi connectivity index (χ0v) is 7.50. The topological polar surface area (TPSA) is 52.6 Å². The lowest BCUT2D eigenvalue weighted by atomic mass is 10.3. The molecule has 1 aliphatic heterocycles. The first-order valence-electron chi connectivity index (χ1n) is 4.50. The second-order valence-corrected chi connectivity index (χ2v) is 3.28. The summed E-state index contributed by atoms with van der Waals surface area (Å²) in [7, 11) is 0. The third-order valence-corrected chi connectivity index (χ3v) is 2.21. The van der Waals surface area contributed by atoms with Crippen molar-refractivity contribution in [1.29, 1.82) is 0 Å². The lowest BCUT2D eigenvalue weighted by Crippen LogP contribution is -2.36. The maximum Gasteiger partial charge on any atom is 0.404 e. The van der Waals surface area contributed by atoms with Crippen molar-refractivity contribution in [2.24, 2.45) is 0 Å². The Balaban J connectivity index is 2.16. The monoisotopic (exact) mass is 190 g/mol. The number of nitrogens with one attached hydrogen (secondary N) is 1. The molecule has 1 fully saturated rings. The van der Waals surface area contributed by atoms with Gasteiger partial charge in [0.15, 0.2) is 0 Å². The first-order valence-corrected chi connectivity index (χ1v) is 4.50. The van der Waals surface area contributed by atoms with E-state index in [9.17, 15) is 9.18 Å². The van der Waals surface area contributed by atoms with Crippen molar-refractivity contribution in [3.05, 3.63) is 0 Å². The largest absolute Gasteiger partial charge is 0.465 e. The smallest absolute Gasteiger partial charge is 0.404 e. The highest BCUT2D eigenvalue weighted by atomic mass is 19.1. The molecular formula is C8H15FN2O2. The molecule has 13 heavy (non-hydrogen) atoms. The van der Waals surface area contributed by atoms with Gasteiger partial charge in [0, 0.05) is 25.7 Å². The molecular weight excluding hydrogens is 175 g/mol. The fourth-order valence-corrected chi connectivity index (χ4v) is 1.61. The van der Waals surface area contributed by atoms with Crippen LogP contribution in [0, 0.1) is 0 Å². The molecule has 0 aromatic carbocycles. The number of carboxylic acid groups (broad SMARTS) is 1. The molecule has 0 aromatic heterocycles. The molecule has 0 spiro atoms. The van der Waals surface area contributed by atoms with Crippen molar-refractivity contribution in [3.8, 4) is 0 Å². The Morgan fingerprint density at radius 3 is 3.08 bits per heavy atom. The highest BCUT2D eigenvalue weighted by Crippen LogP contribution is 2.09. The van der Waals surface area contributed by atoms with Crippen LogP contribution in [0.5, 0.6) is 0 Å². The number of halogens is 1. The molecule has 1 amide bonds. The van der Waals surface area contributed by atoms with Gasteiger partial charge in [-0.15, -0.1) is 0 Å². The lowest BCUT2D eigenvalue weighted by Gasteiger charge is -2.14. The summed E-state index contributed by atoms with van der Waals surface area (Å²) in [6, 6.07) is 0.0251. The maximum atomic E-state index is 11.8. The van der Waals surface area contributed by atoms with E-state index >= 15 is 0 Å². The summed E-state index contributed by atoms with van der Waals surface area (Å²) in [4.78, 5) is 12.4. The molecule has 0 saturated carbocycles. The molecule has 1 heterocycles. The van der Waals surface area contributed by atoms with Crippen LogP contribution in [0.1, 0.15) is 12.8 Å². The summed E-state index contributed by atoms with van der Waals surface area (Å²) in [5.41, 5.74) is 0. The molecule has 1 atom stereocenters. The number of nitrogens with zero attached hydrogens (tertiary/aromatic N) is 1. The molecule has 0 aromatic rings. The van der Waals surface area contributed by atoms with Gasteiger partial charge in [-0.1, -0.05) is 0 Å². The Morgan fingerprint density at radius 1 is 1.69 bits per heavy atom. The number of amides is 1. The van der Waals surface area contributed by atoms with E-state index in [1.807, 2.05) is 0 Å². The number of hydrogen-bond donors (Lipinski definition) is 2. The van der Waals surface area contributed by atoms with Crippen LogP contribution in [-0.4, -0.2) is 48.5 Å². The summed E-state index contributed by atoms with van der Waals surface area (Å²) in [5, 5.41) is 10.9. The van der Waals surface area contributed by atoms with Crippen molar-refractivity contribution >= 4 is 6.09 Å². The molecule has 1 aliphatic rings. The first kappa shape index (κ1) is 10.2. The third kappa shape index (κ3) is 3.59. The Labute approximate surface area is 76.7 Å². The normalized spacial score (nSPS) is 23.3. The van der Waals surface area contributed by atoms with Crippen LogP contribution in [0.4, 0.5) is 9.18 Å². The fraction of sp³-hybridized carbons (Fsp3) is 0.875. The minimum atomic E-state index is -0.975. The summed E-state index contributed by atoms with van der Waals surface area (Å²) < 4.78 is 11.8. The molecule has 2 N–H and O–H groups in total. The van der Waals surface area contributed by atoms with Gasteiger partial charge in [-0.3, -0.25) is 4.39 Å². The molecule has 0 radical (unpaired) electrons. The average molecular weight is 190 g/mol. The van der Waals surface area contributed by atoms with E-state index < -0.39 is 6.09 Å². The number of alkyl halides is 1.